The van der Waals surface area contributed by atoms with Crippen LogP contribution in [-0.2, 0) is 6.54 Å². The monoisotopic (exact) mass is 299 g/mol. The fourth-order valence-corrected chi connectivity index (χ4v) is 3.89. The van der Waals surface area contributed by atoms with Crippen LogP contribution in [0.15, 0.2) is 30.6 Å². The Labute approximate surface area is 127 Å². The summed E-state index contributed by atoms with van der Waals surface area (Å²) in [7, 11) is 0. The van der Waals surface area contributed by atoms with Crippen molar-refractivity contribution in [3.63, 3.8) is 0 Å². The predicted octanol–water partition coefficient (Wildman–Crippen LogP) is 2.83. The summed E-state index contributed by atoms with van der Waals surface area (Å²) >= 11 is 1.78. The summed E-state index contributed by atoms with van der Waals surface area (Å²) in [5.74, 6) is 1.06. The molecule has 1 aliphatic heterocycles. The number of thiazole rings is 1. The van der Waals surface area contributed by atoms with E-state index in [-0.39, 0.29) is 0 Å². The minimum absolute atomic E-state index is 0.352. The maximum absolute atomic E-state index is 4.43. The van der Waals surface area contributed by atoms with Gasteiger partial charge in [0.25, 0.3) is 0 Å². The van der Waals surface area contributed by atoms with Crippen molar-refractivity contribution in [2.24, 2.45) is 0 Å². The van der Waals surface area contributed by atoms with Gasteiger partial charge >= 0.3 is 0 Å². The number of fused-ring (bicyclic) bond motifs is 1. The molecule has 0 aliphatic carbocycles. The Bertz CT molecular complexity index is 762. The zero-order valence-electron chi connectivity index (χ0n) is 11.9. The maximum Gasteiger partial charge on any atom is 0.160 e. The quantitative estimate of drug-likeness (QED) is 0.746. The number of hydrogen-bond acceptors (Lipinski definition) is 5. The van der Waals surface area contributed by atoms with Gasteiger partial charge in [0, 0.05) is 23.8 Å². The molecule has 5 nitrogen and oxygen atoms in total. The van der Waals surface area contributed by atoms with Crippen LogP contribution in [-0.4, -0.2) is 31.0 Å². The van der Waals surface area contributed by atoms with Gasteiger partial charge in [-0.2, -0.15) is 0 Å². The van der Waals surface area contributed by atoms with Crippen molar-refractivity contribution in [2.75, 3.05) is 6.54 Å². The second-order valence-electron chi connectivity index (χ2n) is 5.46. The highest BCUT2D eigenvalue weighted by molar-refractivity contribution is 7.11. The molecule has 0 saturated carbocycles. The fourth-order valence-electron chi connectivity index (χ4n) is 3.07. The lowest BCUT2D eigenvalue weighted by molar-refractivity contribution is 0.240. The van der Waals surface area contributed by atoms with Crippen LogP contribution in [0.2, 0.25) is 0 Å². The minimum Gasteiger partial charge on any atom is -0.288 e. The third kappa shape index (κ3) is 2.34. The van der Waals surface area contributed by atoms with E-state index in [1.807, 2.05) is 24.4 Å². The fraction of sp³-hybridized carbons (Fsp3) is 0.400. The first kappa shape index (κ1) is 12.9. The van der Waals surface area contributed by atoms with Crippen molar-refractivity contribution < 1.29 is 0 Å². The molecule has 3 aromatic heterocycles. The van der Waals surface area contributed by atoms with Gasteiger partial charge in [-0.25, -0.2) is 4.98 Å². The van der Waals surface area contributed by atoms with E-state index in [0.717, 1.165) is 36.0 Å². The summed E-state index contributed by atoms with van der Waals surface area (Å²) < 4.78 is 2.11. The molecule has 0 unspecified atom stereocenters. The Morgan fingerprint density at radius 2 is 2.29 bits per heavy atom. The Kier molecular flexibility index (Phi) is 3.20. The number of aryl methyl sites for hydroxylation is 1. The smallest absolute Gasteiger partial charge is 0.160 e. The Morgan fingerprint density at radius 3 is 3.14 bits per heavy atom. The zero-order valence-corrected chi connectivity index (χ0v) is 12.8. The van der Waals surface area contributed by atoms with Crippen LogP contribution in [0.4, 0.5) is 0 Å². The van der Waals surface area contributed by atoms with Crippen LogP contribution in [0, 0.1) is 6.92 Å². The highest BCUT2D eigenvalue weighted by Crippen LogP contribution is 2.33. The first-order chi connectivity index (χ1) is 10.3. The Hall–Kier alpha value is -1.79. The molecular formula is C15H17N5S. The average Bonchev–Trinajstić information content (AvgIpc) is 3.19. The van der Waals surface area contributed by atoms with Gasteiger partial charge < -0.3 is 0 Å². The summed E-state index contributed by atoms with van der Waals surface area (Å²) in [6.07, 6.45) is 6.41. The molecule has 1 atom stereocenters. The van der Waals surface area contributed by atoms with E-state index in [1.54, 1.807) is 11.3 Å². The van der Waals surface area contributed by atoms with E-state index in [9.17, 15) is 0 Å². The molecule has 1 fully saturated rings. The summed E-state index contributed by atoms with van der Waals surface area (Å²) in [4.78, 5) is 8.18. The first-order valence-corrected chi connectivity index (χ1v) is 8.08. The number of rotatable bonds is 3. The highest BCUT2D eigenvalue weighted by Gasteiger charge is 2.30. The Morgan fingerprint density at radius 1 is 1.33 bits per heavy atom. The van der Waals surface area contributed by atoms with Crippen LogP contribution in [0.3, 0.4) is 0 Å². The van der Waals surface area contributed by atoms with Gasteiger partial charge in [0.05, 0.1) is 11.0 Å². The molecular weight excluding hydrogens is 282 g/mol. The van der Waals surface area contributed by atoms with Crippen LogP contribution in [0.5, 0.6) is 0 Å². The van der Waals surface area contributed by atoms with E-state index in [4.69, 9.17) is 0 Å². The van der Waals surface area contributed by atoms with Crippen molar-refractivity contribution in [1.82, 2.24) is 24.5 Å². The van der Waals surface area contributed by atoms with E-state index < -0.39 is 0 Å². The first-order valence-electron chi connectivity index (χ1n) is 7.26. The number of hydrogen-bond donors (Lipinski definition) is 0. The topological polar surface area (TPSA) is 46.3 Å². The SMILES string of the molecule is Cc1ncc(CN2CCC[C@H]2c2nnc3ccccn23)s1. The summed E-state index contributed by atoms with van der Waals surface area (Å²) in [5.41, 5.74) is 0.924. The van der Waals surface area contributed by atoms with Gasteiger partial charge in [-0.15, -0.1) is 21.5 Å². The van der Waals surface area contributed by atoms with Crippen LogP contribution < -0.4 is 0 Å². The predicted molar refractivity (Wildman–Crippen MR) is 82.2 cm³/mol. The minimum atomic E-state index is 0.352. The third-order valence-electron chi connectivity index (χ3n) is 4.03. The molecule has 108 valence electrons. The molecule has 0 radical (unpaired) electrons. The average molecular weight is 299 g/mol. The van der Waals surface area contributed by atoms with E-state index >= 15 is 0 Å². The third-order valence-corrected chi connectivity index (χ3v) is 4.93. The summed E-state index contributed by atoms with van der Waals surface area (Å²) in [6, 6.07) is 6.39. The van der Waals surface area contributed by atoms with Crippen molar-refractivity contribution in [2.45, 2.75) is 32.4 Å². The second kappa shape index (κ2) is 5.20. The molecule has 4 heterocycles. The lowest BCUT2D eigenvalue weighted by atomic mass is 10.2. The normalized spacial score (nSPS) is 19.6. The van der Waals surface area contributed by atoms with Crippen LogP contribution in [0.1, 0.15) is 34.6 Å². The second-order valence-corrected chi connectivity index (χ2v) is 6.78. The molecule has 0 amide bonds. The van der Waals surface area contributed by atoms with Gasteiger partial charge in [0.1, 0.15) is 0 Å². The summed E-state index contributed by atoms with van der Waals surface area (Å²) in [6.45, 7) is 4.13. The van der Waals surface area contributed by atoms with Crippen molar-refractivity contribution in [1.29, 1.82) is 0 Å². The van der Waals surface area contributed by atoms with E-state index in [0.29, 0.717) is 6.04 Å². The Balaban J connectivity index is 1.64. The number of aromatic nitrogens is 4. The summed E-state index contributed by atoms with van der Waals surface area (Å²) in [5, 5.41) is 9.85. The van der Waals surface area contributed by atoms with Gasteiger partial charge in [-0.1, -0.05) is 6.07 Å². The molecule has 4 rings (SSSR count). The molecule has 0 spiro atoms. The van der Waals surface area contributed by atoms with Crippen LogP contribution in [0.25, 0.3) is 5.65 Å². The molecule has 3 aromatic rings. The van der Waals surface area contributed by atoms with Crippen LogP contribution >= 0.6 is 11.3 Å². The van der Waals surface area contributed by atoms with E-state index in [1.165, 1.54) is 11.3 Å². The largest absolute Gasteiger partial charge is 0.288 e. The van der Waals surface area contributed by atoms with Crippen molar-refractivity contribution in [3.05, 3.63) is 46.3 Å². The van der Waals surface area contributed by atoms with Gasteiger partial charge in [-0.3, -0.25) is 9.30 Å². The maximum atomic E-state index is 4.43. The standard InChI is InChI=1S/C15H17N5S/c1-11-16-9-12(21-11)10-19-7-4-5-13(19)15-18-17-14-6-2-3-8-20(14)15/h2-3,6,8-9,13H,4-5,7,10H2,1H3/t13-/m0/s1. The van der Waals surface area contributed by atoms with Crippen molar-refractivity contribution >= 4 is 17.0 Å². The van der Waals surface area contributed by atoms with Gasteiger partial charge in [-0.05, 0) is 38.4 Å². The number of pyridine rings is 1. The molecule has 1 aliphatic rings. The van der Waals surface area contributed by atoms with Gasteiger partial charge in [0.2, 0.25) is 0 Å². The van der Waals surface area contributed by atoms with E-state index in [2.05, 4.69) is 37.6 Å². The molecule has 6 heteroatoms. The lowest BCUT2D eigenvalue weighted by Crippen LogP contribution is -2.23. The molecule has 1 saturated heterocycles. The van der Waals surface area contributed by atoms with Crippen molar-refractivity contribution in [3.8, 4) is 0 Å². The number of likely N-dealkylation sites (tertiary alicyclic amines) is 1. The lowest BCUT2D eigenvalue weighted by Gasteiger charge is -2.22. The number of nitrogens with zero attached hydrogens (tertiary/aromatic N) is 5. The molecule has 0 bridgehead atoms. The highest BCUT2D eigenvalue weighted by atomic mass is 32.1. The molecule has 0 N–H and O–H groups in total. The van der Waals surface area contributed by atoms with Gasteiger partial charge in [0.15, 0.2) is 11.5 Å². The molecule has 0 aromatic carbocycles. The zero-order chi connectivity index (χ0) is 14.2. The molecule has 21 heavy (non-hydrogen) atoms.